The first-order valence-corrected chi connectivity index (χ1v) is 8.93. The number of esters is 1. The van der Waals surface area contributed by atoms with Gasteiger partial charge in [-0.3, -0.25) is 9.69 Å². The topological polar surface area (TPSA) is 77.1 Å². The van der Waals surface area contributed by atoms with Crippen molar-refractivity contribution in [1.29, 1.82) is 0 Å². The Labute approximate surface area is 163 Å². The molecule has 4 rings (SSSR count). The van der Waals surface area contributed by atoms with Crippen LogP contribution in [-0.4, -0.2) is 38.7 Å². The summed E-state index contributed by atoms with van der Waals surface area (Å²) in [4.78, 5) is 28.2. The molecule has 1 fully saturated rings. The molecule has 1 amide bonds. The minimum atomic E-state index is -1.29. The number of nitrogens with zero attached hydrogens (tertiary/aromatic N) is 1. The van der Waals surface area contributed by atoms with Crippen LogP contribution in [0.5, 0.6) is 11.5 Å². The number of anilines is 2. The standard InChI is InChI=1S/C21H22N2O5/c1-20-12-21(19(25)28-4,16-11-15(27-3)9-10-17(16)22-20)23(18(20)24)13-5-7-14(26-2)8-6-13/h5-11,22H,12H2,1-4H3/t20-,21-/m1/s1. The number of fused-ring (bicyclic) bond motifs is 4. The second kappa shape index (κ2) is 6.15. The maximum absolute atomic E-state index is 13.5. The molecule has 2 aromatic rings. The van der Waals surface area contributed by atoms with E-state index < -0.39 is 17.0 Å². The lowest BCUT2D eigenvalue weighted by atomic mass is 9.77. The van der Waals surface area contributed by atoms with Gasteiger partial charge in [-0.15, -0.1) is 0 Å². The Morgan fingerprint density at radius 3 is 2.29 bits per heavy atom. The van der Waals surface area contributed by atoms with Crippen LogP contribution >= 0.6 is 0 Å². The predicted molar refractivity (Wildman–Crippen MR) is 104 cm³/mol. The van der Waals surface area contributed by atoms with E-state index in [1.165, 1.54) is 12.0 Å². The van der Waals surface area contributed by atoms with Crippen molar-refractivity contribution in [3.05, 3.63) is 48.0 Å². The van der Waals surface area contributed by atoms with Crippen molar-refractivity contribution in [1.82, 2.24) is 0 Å². The van der Waals surface area contributed by atoms with Gasteiger partial charge in [-0.25, -0.2) is 4.79 Å². The van der Waals surface area contributed by atoms with Crippen LogP contribution in [0.15, 0.2) is 42.5 Å². The van der Waals surface area contributed by atoms with Crippen LogP contribution in [0.3, 0.4) is 0 Å². The van der Waals surface area contributed by atoms with Crippen molar-refractivity contribution < 1.29 is 23.8 Å². The molecule has 0 spiro atoms. The monoisotopic (exact) mass is 382 g/mol. The summed E-state index contributed by atoms with van der Waals surface area (Å²) < 4.78 is 15.8. The molecule has 1 saturated heterocycles. The van der Waals surface area contributed by atoms with E-state index in [9.17, 15) is 9.59 Å². The van der Waals surface area contributed by atoms with Gasteiger partial charge >= 0.3 is 5.97 Å². The third-order valence-electron chi connectivity index (χ3n) is 5.60. The summed E-state index contributed by atoms with van der Waals surface area (Å²) in [5.74, 6) is 0.577. The number of benzene rings is 2. The van der Waals surface area contributed by atoms with Crippen molar-refractivity contribution in [2.75, 3.05) is 31.5 Å². The Morgan fingerprint density at radius 1 is 1.04 bits per heavy atom. The molecule has 2 atom stereocenters. The van der Waals surface area contributed by atoms with Crippen LogP contribution < -0.4 is 19.7 Å². The summed E-state index contributed by atoms with van der Waals surface area (Å²) >= 11 is 0. The van der Waals surface area contributed by atoms with Crippen LogP contribution in [0.4, 0.5) is 11.4 Å². The average Bonchev–Trinajstić information content (AvgIpc) is 2.91. The van der Waals surface area contributed by atoms with E-state index in [1.54, 1.807) is 50.6 Å². The van der Waals surface area contributed by atoms with Gasteiger partial charge < -0.3 is 19.5 Å². The molecule has 1 N–H and O–H groups in total. The first kappa shape index (κ1) is 18.2. The molecule has 0 radical (unpaired) electrons. The van der Waals surface area contributed by atoms with Crippen LogP contribution in [0, 0.1) is 0 Å². The first-order valence-electron chi connectivity index (χ1n) is 8.93. The van der Waals surface area contributed by atoms with E-state index in [2.05, 4.69) is 5.32 Å². The fourth-order valence-electron chi connectivity index (χ4n) is 4.31. The Kier molecular flexibility index (Phi) is 3.99. The highest BCUT2D eigenvalue weighted by Crippen LogP contribution is 2.54. The van der Waals surface area contributed by atoms with Gasteiger partial charge in [0.25, 0.3) is 5.91 Å². The maximum Gasteiger partial charge on any atom is 0.337 e. The van der Waals surface area contributed by atoms with E-state index in [-0.39, 0.29) is 12.3 Å². The zero-order valence-electron chi connectivity index (χ0n) is 16.2. The van der Waals surface area contributed by atoms with E-state index in [1.807, 2.05) is 13.0 Å². The van der Waals surface area contributed by atoms with E-state index in [0.29, 0.717) is 28.4 Å². The molecule has 28 heavy (non-hydrogen) atoms. The molecule has 0 aromatic heterocycles. The van der Waals surface area contributed by atoms with Gasteiger partial charge in [0.2, 0.25) is 0 Å². The van der Waals surface area contributed by atoms with Gasteiger partial charge in [0, 0.05) is 23.4 Å². The van der Waals surface area contributed by atoms with E-state index in [4.69, 9.17) is 14.2 Å². The second-order valence-corrected chi connectivity index (χ2v) is 7.24. The van der Waals surface area contributed by atoms with Gasteiger partial charge in [0.15, 0.2) is 5.54 Å². The summed E-state index contributed by atoms with van der Waals surface area (Å²) in [7, 11) is 4.48. The summed E-state index contributed by atoms with van der Waals surface area (Å²) in [5.41, 5.74) is -0.264. The zero-order valence-corrected chi connectivity index (χ0v) is 16.2. The molecule has 0 unspecified atom stereocenters. The minimum absolute atomic E-state index is 0.196. The normalized spacial score (nSPS) is 25.0. The lowest BCUT2D eigenvalue weighted by molar-refractivity contribution is -0.147. The Balaban J connectivity index is 1.99. The van der Waals surface area contributed by atoms with Gasteiger partial charge in [-0.1, -0.05) is 0 Å². The number of hydrogen-bond donors (Lipinski definition) is 1. The average molecular weight is 382 g/mol. The molecule has 2 aromatic carbocycles. The number of carbonyl (C=O) groups is 2. The molecule has 2 aliphatic rings. The van der Waals surface area contributed by atoms with Gasteiger partial charge in [-0.05, 0) is 49.4 Å². The van der Waals surface area contributed by atoms with Crippen LogP contribution in [0.25, 0.3) is 0 Å². The highest BCUT2D eigenvalue weighted by atomic mass is 16.5. The number of rotatable bonds is 4. The maximum atomic E-state index is 13.5. The predicted octanol–water partition coefficient (Wildman–Crippen LogP) is 2.69. The molecule has 146 valence electrons. The van der Waals surface area contributed by atoms with Crippen LogP contribution in [0.2, 0.25) is 0 Å². The zero-order chi connectivity index (χ0) is 20.1. The number of nitrogens with one attached hydrogen (secondary N) is 1. The Bertz CT molecular complexity index is 958. The smallest absolute Gasteiger partial charge is 0.337 e. The van der Waals surface area contributed by atoms with Gasteiger partial charge in [0.05, 0.1) is 21.3 Å². The third kappa shape index (κ3) is 2.28. The third-order valence-corrected chi connectivity index (χ3v) is 5.60. The van der Waals surface area contributed by atoms with Crippen molar-refractivity contribution >= 4 is 23.3 Å². The van der Waals surface area contributed by atoms with Crippen molar-refractivity contribution in [2.45, 2.75) is 24.4 Å². The second-order valence-electron chi connectivity index (χ2n) is 7.24. The summed E-state index contributed by atoms with van der Waals surface area (Å²) in [6.45, 7) is 1.81. The largest absolute Gasteiger partial charge is 0.497 e. The van der Waals surface area contributed by atoms with Gasteiger partial charge in [-0.2, -0.15) is 0 Å². The van der Waals surface area contributed by atoms with E-state index >= 15 is 0 Å². The number of methoxy groups -OCH3 is 3. The lowest BCUT2D eigenvalue weighted by Gasteiger charge is -2.39. The van der Waals surface area contributed by atoms with Crippen molar-refractivity contribution in [3.8, 4) is 11.5 Å². The number of ether oxygens (including phenoxy) is 3. The molecule has 7 nitrogen and oxygen atoms in total. The molecule has 0 aliphatic carbocycles. The molecule has 2 aliphatic heterocycles. The molecular formula is C21H22N2O5. The Morgan fingerprint density at radius 2 is 1.68 bits per heavy atom. The summed E-state index contributed by atoms with van der Waals surface area (Å²) in [6, 6.07) is 12.5. The quantitative estimate of drug-likeness (QED) is 0.820. The number of hydrogen-bond acceptors (Lipinski definition) is 6. The Hall–Kier alpha value is -3.22. The number of carbonyl (C=O) groups excluding carboxylic acids is 2. The van der Waals surface area contributed by atoms with Crippen molar-refractivity contribution in [2.24, 2.45) is 0 Å². The lowest BCUT2D eigenvalue weighted by Crippen LogP contribution is -2.50. The van der Waals surface area contributed by atoms with Crippen LogP contribution in [-0.2, 0) is 19.9 Å². The molecule has 7 heteroatoms. The summed E-state index contributed by atoms with van der Waals surface area (Å²) in [6.07, 6.45) is 0.248. The van der Waals surface area contributed by atoms with Crippen LogP contribution in [0.1, 0.15) is 18.9 Å². The van der Waals surface area contributed by atoms with E-state index in [0.717, 1.165) is 0 Å². The van der Waals surface area contributed by atoms with Gasteiger partial charge in [0.1, 0.15) is 17.0 Å². The molecular weight excluding hydrogens is 360 g/mol. The highest BCUT2D eigenvalue weighted by Gasteiger charge is 2.66. The highest BCUT2D eigenvalue weighted by molar-refractivity contribution is 6.14. The molecule has 2 bridgehead atoms. The number of amides is 1. The fraction of sp³-hybridized carbons (Fsp3) is 0.333. The minimum Gasteiger partial charge on any atom is -0.497 e. The van der Waals surface area contributed by atoms with Crippen molar-refractivity contribution in [3.63, 3.8) is 0 Å². The summed E-state index contributed by atoms with van der Waals surface area (Å²) in [5, 5.41) is 3.31. The molecule has 2 heterocycles. The first-order chi connectivity index (χ1) is 13.4. The SMILES string of the molecule is COC(=O)[C@@]12C[C@@](C)(Nc3ccc(OC)cc31)C(=O)N2c1ccc(OC)cc1. The molecule has 0 saturated carbocycles. The fourth-order valence-corrected chi connectivity index (χ4v) is 4.31.